The third-order valence-corrected chi connectivity index (χ3v) is 2.01. The number of hydrogen-bond acceptors (Lipinski definition) is 4. The van der Waals surface area contributed by atoms with Gasteiger partial charge in [-0.1, -0.05) is 0 Å². The largest absolute Gasteiger partial charge is 0.759 e. The summed E-state index contributed by atoms with van der Waals surface area (Å²) in [6.07, 6.45) is -0.708. The van der Waals surface area contributed by atoms with Crippen LogP contribution in [-0.2, 0) is 9.36 Å². The summed E-state index contributed by atoms with van der Waals surface area (Å²) in [4.78, 5) is 27.2. The Morgan fingerprint density at radius 1 is 1.67 bits per heavy atom. The van der Waals surface area contributed by atoms with Gasteiger partial charge in [-0.25, -0.2) is 0 Å². The molecule has 7 nitrogen and oxygen atoms in total. The molecule has 0 aliphatic heterocycles. The summed E-state index contributed by atoms with van der Waals surface area (Å²) >= 11 is 0. The van der Waals surface area contributed by atoms with Gasteiger partial charge in [-0.05, 0) is 6.42 Å². The Kier molecular flexibility index (Phi) is 4.36. The van der Waals surface area contributed by atoms with Crippen molar-refractivity contribution in [2.75, 3.05) is 6.16 Å². The van der Waals surface area contributed by atoms with E-state index in [-0.39, 0.29) is 6.42 Å². The molecule has 0 aliphatic rings. The molecule has 0 fully saturated rings. The summed E-state index contributed by atoms with van der Waals surface area (Å²) in [5.74, 6) is -0.969. The zero-order valence-electron chi connectivity index (χ0n) is 6.14. The average molecular weight is 197 g/mol. The first-order valence-corrected chi connectivity index (χ1v) is 4.88. The van der Waals surface area contributed by atoms with Crippen molar-refractivity contribution in [1.82, 2.24) is 5.48 Å². The van der Waals surface area contributed by atoms with Crippen LogP contribution in [0.25, 0.3) is 0 Å². The molecule has 8 heteroatoms. The van der Waals surface area contributed by atoms with Crippen molar-refractivity contribution in [3.8, 4) is 0 Å². The monoisotopic (exact) mass is 197 g/mol. The van der Waals surface area contributed by atoms with E-state index in [2.05, 4.69) is 0 Å². The molecule has 0 saturated carbocycles. The smallest absolute Gasteiger partial charge is 0.325 e. The first-order chi connectivity index (χ1) is 5.37. The highest BCUT2D eigenvalue weighted by Gasteiger charge is 2.17. The zero-order valence-corrected chi connectivity index (χ0v) is 7.03. The third kappa shape index (κ3) is 5.22. The average Bonchev–Trinajstić information content (AvgIpc) is 1.97. The van der Waals surface area contributed by atoms with E-state index >= 15 is 0 Å². The minimum atomic E-state index is -4.13. The lowest BCUT2D eigenvalue weighted by atomic mass is 10.2. The lowest BCUT2D eigenvalue weighted by Gasteiger charge is -2.14. The second-order valence-corrected chi connectivity index (χ2v) is 4.03. The van der Waals surface area contributed by atoms with Gasteiger partial charge in [-0.3, -0.25) is 9.36 Å². The highest BCUT2D eigenvalue weighted by Crippen LogP contribution is 2.35. The molecular weight excluding hydrogens is 187 g/mol. The van der Waals surface area contributed by atoms with Gasteiger partial charge in [0.1, 0.15) is 0 Å². The maximum Gasteiger partial charge on any atom is 0.325 e. The Hall–Kier alpha value is -0.460. The van der Waals surface area contributed by atoms with Crippen LogP contribution in [0, 0.1) is 5.21 Å². The van der Waals surface area contributed by atoms with Crippen LogP contribution < -0.4 is 11.2 Å². The molecule has 0 saturated heterocycles. The molecule has 72 valence electrons. The molecule has 0 aromatic carbocycles. The first-order valence-electron chi connectivity index (χ1n) is 3.09. The lowest BCUT2D eigenvalue weighted by Crippen LogP contribution is -2.38. The third-order valence-electron chi connectivity index (χ3n) is 1.17. The predicted molar refractivity (Wildman–Crippen MR) is 41.0 cm³/mol. The van der Waals surface area contributed by atoms with Crippen LogP contribution in [0.2, 0.25) is 0 Å². The number of carbonyl (C=O) groups is 1. The highest BCUT2D eigenvalue weighted by molar-refractivity contribution is 7.51. The summed E-state index contributed by atoms with van der Waals surface area (Å²) in [6, 6.07) is -1.16. The van der Waals surface area contributed by atoms with Gasteiger partial charge in [-0.2, -0.15) is 0 Å². The van der Waals surface area contributed by atoms with Crippen molar-refractivity contribution in [3.63, 3.8) is 0 Å². The van der Waals surface area contributed by atoms with E-state index in [0.717, 1.165) is 5.48 Å². The molecule has 5 N–H and O–H groups in total. The van der Waals surface area contributed by atoms with Gasteiger partial charge >= 0.3 is 7.60 Å². The van der Waals surface area contributed by atoms with Gasteiger partial charge in [0.05, 0.1) is 12.2 Å². The topological polar surface area (TPSA) is 136 Å². The number of amides is 1. The zero-order chi connectivity index (χ0) is 9.78. The molecule has 0 radical (unpaired) electrons. The summed E-state index contributed by atoms with van der Waals surface area (Å²) in [5.41, 5.74) is 6.11. The molecule has 0 rings (SSSR count). The molecular formula is C4H10N2O5P-. The molecule has 0 aromatic heterocycles. The van der Waals surface area contributed by atoms with Crippen LogP contribution >= 0.6 is 7.60 Å². The molecule has 0 heterocycles. The summed E-state index contributed by atoms with van der Waals surface area (Å²) in [5, 5.41) is 9.72. The Morgan fingerprint density at radius 3 is 2.50 bits per heavy atom. The van der Waals surface area contributed by atoms with Crippen LogP contribution in [0.15, 0.2) is 0 Å². The summed E-state index contributed by atoms with van der Waals surface area (Å²) in [6.45, 7) is 0. The molecule has 1 atom stereocenters. The number of hydroxylamine groups is 1. The molecule has 1 unspecified atom stereocenters. The molecule has 0 aromatic rings. The van der Waals surface area contributed by atoms with E-state index in [1.165, 1.54) is 0 Å². The van der Waals surface area contributed by atoms with Crippen LogP contribution in [0.3, 0.4) is 0 Å². The molecule has 12 heavy (non-hydrogen) atoms. The van der Waals surface area contributed by atoms with E-state index < -0.39 is 25.7 Å². The van der Waals surface area contributed by atoms with Crippen molar-refractivity contribution in [2.45, 2.75) is 12.5 Å². The summed E-state index contributed by atoms with van der Waals surface area (Å²) in [7, 11) is -4.13. The van der Waals surface area contributed by atoms with Crippen molar-refractivity contribution >= 4 is 13.5 Å². The minimum absolute atomic E-state index is 0.210. The Bertz CT molecular complexity index is 202. The van der Waals surface area contributed by atoms with E-state index in [1.54, 1.807) is 0 Å². The molecule has 1 amide bonds. The maximum absolute atomic E-state index is 10.4. The van der Waals surface area contributed by atoms with Crippen LogP contribution in [0.4, 0.5) is 0 Å². The van der Waals surface area contributed by atoms with Gasteiger partial charge in [0.25, 0.3) is 0 Å². The van der Waals surface area contributed by atoms with Crippen molar-refractivity contribution < 1.29 is 19.1 Å². The van der Waals surface area contributed by atoms with E-state index in [9.17, 15) is 14.6 Å². The Morgan fingerprint density at radius 2 is 2.17 bits per heavy atom. The normalized spacial score (nSPS) is 14.0. The fourth-order valence-corrected chi connectivity index (χ4v) is 1.13. The second kappa shape index (κ2) is 4.54. The number of hydrogen-bond donors (Lipinski definition) is 4. The Balaban J connectivity index is 3.79. The SMILES string of the molecule is NC(CCP(=O)(O)O)C(=O)N[O-]. The van der Waals surface area contributed by atoms with Crippen LogP contribution in [0.1, 0.15) is 6.42 Å². The van der Waals surface area contributed by atoms with Gasteiger partial charge < -0.3 is 26.2 Å². The predicted octanol–water partition coefficient (Wildman–Crippen LogP) is -1.50. The standard InChI is InChI=1S/C4H10N2O5P/c5-3(4(7)6-8)1-2-12(9,10)11/h3H,1-2,5H2,(H3-,6,7,8,9,10,11)/q-1. The van der Waals surface area contributed by atoms with Crippen molar-refractivity contribution in [3.05, 3.63) is 5.21 Å². The van der Waals surface area contributed by atoms with E-state index in [4.69, 9.17) is 15.5 Å². The van der Waals surface area contributed by atoms with E-state index in [1.807, 2.05) is 0 Å². The van der Waals surface area contributed by atoms with E-state index in [0.29, 0.717) is 0 Å². The molecule has 0 spiro atoms. The number of carbonyl (C=O) groups excluding carboxylic acids is 1. The molecule has 0 bridgehead atoms. The minimum Gasteiger partial charge on any atom is -0.759 e. The quantitative estimate of drug-likeness (QED) is 0.319. The van der Waals surface area contributed by atoms with Gasteiger partial charge in [0, 0.05) is 0 Å². The van der Waals surface area contributed by atoms with Crippen molar-refractivity contribution in [1.29, 1.82) is 0 Å². The highest BCUT2D eigenvalue weighted by atomic mass is 31.2. The first kappa shape index (κ1) is 11.5. The second-order valence-electron chi connectivity index (χ2n) is 2.25. The number of nitrogens with one attached hydrogen (secondary N) is 1. The fraction of sp³-hybridized carbons (Fsp3) is 0.750. The molecule has 0 aliphatic carbocycles. The van der Waals surface area contributed by atoms with Gasteiger partial charge in [0.15, 0.2) is 0 Å². The van der Waals surface area contributed by atoms with Crippen LogP contribution in [-0.4, -0.2) is 27.9 Å². The van der Waals surface area contributed by atoms with Crippen LogP contribution in [0.5, 0.6) is 0 Å². The van der Waals surface area contributed by atoms with Crippen molar-refractivity contribution in [2.24, 2.45) is 5.73 Å². The summed E-state index contributed by atoms with van der Waals surface area (Å²) < 4.78 is 10.3. The maximum atomic E-state index is 10.4. The Labute approximate surface area is 68.7 Å². The number of rotatable bonds is 4. The fourth-order valence-electron chi connectivity index (χ4n) is 0.514. The van der Waals surface area contributed by atoms with Gasteiger partial charge in [-0.15, -0.1) is 0 Å². The lowest BCUT2D eigenvalue weighted by molar-refractivity contribution is -0.121. The number of nitrogens with two attached hydrogens (primary N) is 1. The van der Waals surface area contributed by atoms with Gasteiger partial charge in [0.2, 0.25) is 5.91 Å².